The highest BCUT2D eigenvalue weighted by molar-refractivity contribution is 6.30. The molecule has 0 bridgehead atoms. The Labute approximate surface area is 229 Å². The summed E-state index contributed by atoms with van der Waals surface area (Å²) in [6.45, 7) is 0.293. The van der Waals surface area contributed by atoms with Crippen molar-refractivity contribution in [3.8, 4) is 11.5 Å². The van der Waals surface area contributed by atoms with Gasteiger partial charge in [0.1, 0.15) is 17.5 Å². The molecular weight excluding hydrogens is 500 g/mol. The number of anilines is 1. The predicted octanol–water partition coefficient (Wildman–Crippen LogP) is 6.29. The first-order valence-corrected chi connectivity index (χ1v) is 13.1. The molecule has 1 N–H and O–H groups in total. The molecule has 0 radical (unpaired) electrons. The van der Waals surface area contributed by atoms with E-state index in [1.807, 2.05) is 42.5 Å². The van der Waals surface area contributed by atoms with Crippen LogP contribution in [0.3, 0.4) is 0 Å². The summed E-state index contributed by atoms with van der Waals surface area (Å²) in [6.07, 6.45) is 6.82. The largest absolute Gasteiger partial charge is 0.497 e. The van der Waals surface area contributed by atoms with Crippen LogP contribution in [0.4, 0.5) is 5.69 Å². The topological polar surface area (TPSA) is 67.9 Å². The van der Waals surface area contributed by atoms with Crippen LogP contribution in [0.2, 0.25) is 5.02 Å². The SMILES string of the molecule is COc1ccc(NC(=O)C(C2CC=CCC2)N(Cc2ccc(Cl)cc2)C(=O)Cc2ccccc2)c(OC)c1. The summed E-state index contributed by atoms with van der Waals surface area (Å²) in [7, 11) is 3.12. The van der Waals surface area contributed by atoms with Crippen molar-refractivity contribution in [2.45, 2.75) is 38.3 Å². The van der Waals surface area contributed by atoms with Crippen molar-refractivity contribution >= 4 is 29.1 Å². The summed E-state index contributed by atoms with van der Waals surface area (Å²) in [5.74, 6) is 0.721. The summed E-state index contributed by atoms with van der Waals surface area (Å²) in [6, 6.07) is 21.6. The van der Waals surface area contributed by atoms with E-state index in [1.165, 1.54) is 0 Å². The number of benzene rings is 3. The van der Waals surface area contributed by atoms with Gasteiger partial charge in [-0.1, -0.05) is 66.2 Å². The average molecular weight is 533 g/mol. The molecule has 0 heterocycles. The zero-order valence-electron chi connectivity index (χ0n) is 21.7. The Balaban J connectivity index is 1.70. The molecule has 2 amide bonds. The summed E-state index contributed by atoms with van der Waals surface area (Å²) in [5, 5.41) is 3.67. The van der Waals surface area contributed by atoms with E-state index < -0.39 is 6.04 Å². The molecule has 2 atom stereocenters. The molecule has 198 valence electrons. The minimum absolute atomic E-state index is 0.0312. The standard InChI is InChI=1S/C31H33ClN2O4/c1-37-26-17-18-27(28(20-26)38-2)33-31(36)30(24-11-7-4-8-12-24)34(21-23-13-15-25(32)16-14-23)29(35)19-22-9-5-3-6-10-22/h3-7,9-10,13-18,20,24,30H,8,11-12,19,21H2,1-2H3,(H,33,36). The maximum Gasteiger partial charge on any atom is 0.247 e. The summed E-state index contributed by atoms with van der Waals surface area (Å²) in [4.78, 5) is 29.7. The zero-order valence-corrected chi connectivity index (χ0v) is 22.5. The fraction of sp³-hybridized carbons (Fsp3) is 0.290. The van der Waals surface area contributed by atoms with Gasteiger partial charge < -0.3 is 19.7 Å². The van der Waals surface area contributed by atoms with Crippen molar-refractivity contribution < 1.29 is 19.1 Å². The van der Waals surface area contributed by atoms with E-state index in [0.29, 0.717) is 35.2 Å². The van der Waals surface area contributed by atoms with E-state index in [2.05, 4.69) is 17.5 Å². The van der Waals surface area contributed by atoms with E-state index >= 15 is 0 Å². The second kappa shape index (κ2) is 13.2. The molecule has 3 aromatic carbocycles. The van der Waals surface area contributed by atoms with Crippen molar-refractivity contribution in [1.29, 1.82) is 0 Å². The van der Waals surface area contributed by atoms with Crippen LogP contribution < -0.4 is 14.8 Å². The number of carbonyl (C=O) groups is 2. The van der Waals surface area contributed by atoms with Crippen LogP contribution in [0.1, 0.15) is 30.4 Å². The van der Waals surface area contributed by atoms with Gasteiger partial charge in [0.05, 0.1) is 26.3 Å². The van der Waals surface area contributed by atoms with Gasteiger partial charge in [-0.2, -0.15) is 0 Å². The number of amides is 2. The highest BCUT2D eigenvalue weighted by atomic mass is 35.5. The van der Waals surface area contributed by atoms with Crippen molar-refractivity contribution in [3.63, 3.8) is 0 Å². The van der Waals surface area contributed by atoms with Crippen LogP contribution in [0.5, 0.6) is 11.5 Å². The number of hydrogen-bond acceptors (Lipinski definition) is 4. The lowest BCUT2D eigenvalue weighted by molar-refractivity contribution is -0.141. The normalized spacial score (nSPS) is 15.4. The lowest BCUT2D eigenvalue weighted by atomic mass is 9.85. The maximum absolute atomic E-state index is 14.0. The van der Waals surface area contributed by atoms with Crippen LogP contribution in [0.25, 0.3) is 0 Å². The average Bonchev–Trinajstić information content (AvgIpc) is 2.95. The first-order valence-electron chi connectivity index (χ1n) is 12.7. The third kappa shape index (κ3) is 6.95. The van der Waals surface area contributed by atoms with Crippen LogP contribution in [-0.4, -0.2) is 37.0 Å². The first-order chi connectivity index (χ1) is 18.5. The van der Waals surface area contributed by atoms with Crippen LogP contribution >= 0.6 is 11.6 Å². The molecule has 38 heavy (non-hydrogen) atoms. The summed E-state index contributed by atoms with van der Waals surface area (Å²) < 4.78 is 10.8. The number of hydrogen-bond donors (Lipinski definition) is 1. The van der Waals surface area contributed by atoms with Gasteiger partial charge in [0.25, 0.3) is 0 Å². The van der Waals surface area contributed by atoms with E-state index in [9.17, 15) is 9.59 Å². The minimum Gasteiger partial charge on any atom is -0.497 e. The molecule has 0 spiro atoms. The highest BCUT2D eigenvalue weighted by Crippen LogP contribution is 2.32. The minimum atomic E-state index is -0.682. The number of nitrogens with zero attached hydrogens (tertiary/aromatic N) is 1. The second-order valence-electron chi connectivity index (χ2n) is 9.36. The van der Waals surface area contributed by atoms with Gasteiger partial charge >= 0.3 is 0 Å². The third-order valence-corrected chi connectivity index (χ3v) is 7.06. The maximum atomic E-state index is 14.0. The Bertz CT molecular complexity index is 1260. The van der Waals surface area contributed by atoms with Gasteiger partial charge in [-0.25, -0.2) is 0 Å². The Morgan fingerprint density at radius 1 is 0.974 bits per heavy atom. The lowest BCUT2D eigenvalue weighted by Gasteiger charge is -2.37. The molecule has 1 aliphatic rings. The molecule has 0 fully saturated rings. The number of halogens is 1. The molecule has 3 aromatic rings. The fourth-order valence-electron chi connectivity index (χ4n) is 4.82. The van der Waals surface area contributed by atoms with Crippen LogP contribution in [0.15, 0.2) is 84.9 Å². The summed E-state index contributed by atoms with van der Waals surface area (Å²) >= 11 is 6.12. The van der Waals surface area contributed by atoms with Crippen molar-refractivity contribution in [2.24, 2.45) is 5.92 Å². The fourth-order valence-corrected chi connectivity index (χ4v) is 4.95. The molecule has 7 heteroatoms. The molecule has 2 unspecified atom stereocenters. The smallest absolute Gasteiger partial charge is 0.247 e. The Kier molecular flexibility index (Phi) is 9.44. The van der Waals surface area contributed by atoms with E-state index in [-0.39, 0.29) is 24.2 Å². The van der Waals surface area contributed by atoms with Gasteiger partial charge in [-0.3, -0.25) is 9.59 Å². The molecule has 0 aliphatic heterocycles. The molecule has 1 aliphatic carbocycles. The van der Waals surface area contributed by atoms with Crippen LogP contribution in [-0.2, 0) is 22.6 Å². The molecular formula is C31H33ClN2O4. The Morgan fingerprint density at radius 2 is 1.74 bits per heavy atom. The second-order valence-corrected chi connectivity index (χ2v) is 9.79. The zero-order chi connectivity index (χ0) is 26.9. The number of allylic oxidation sites excluding steroid dienone is 2. The van der Waals surface area contributed by atoms with E-state index in [1.54, 1.807) is 49.5 Å². The Morgan fingerprint density at radius 3 is 2.39 bits per heavy atom. The molecule has 4 rings (SSSR count). The number of methoxy groups -OCH3 is 2. The number of carbonyl (C=O) groups excluding carboxylic acids is 2. The third-order valence-electron chi connectivity index (χ3n) is 6.81. The monoisotopic (exact) mass is 532 g/mol. The van der Waals surface area contributed by atoms with E-state index in [4.69, 9.17) is 21.1 Å². The molecule has 6 nitrogen and oxygen atoms in total. The lowest BCUT2D eigenvalue weighted by Crippen LogP contribution is -2.51. The van der Waals surface area contributed by atoms with Crippen molar-refractivity contribution in [2.75, 3.05) is 19.5 Å². The predicted molar refractivity (Wildman–Crippen MR) is 151 cm³/mol. The molecule has 0 saturated carbocycles. The number of rotatable bonds is 10. The highest BCUT2D eigenvalue weighted by Gasteiger charge is 2.37. The molecule has 0 saturated heterocycles. The van der Waals surface area contributed by atoms with Crippen molar-refractivity contribution in [1.82, 2.24) is 4.90 Å². The van der Waals surface area contributed by atoms with Gasteiger partial charge in [0, 0.05) is 17.6 Å². The number of ether oxygens (including phenoxy) is 2. The quantitative estimate of drug-likeness (QED) is 0.311. The van der Waals surface area contributed by atoms with Gasteiger partial charge in [-0.05, 0) is 60.6 Å². The van der Waals surface area contributed by atoms with Gasteiger partial charge in [0.2, 0.25) is 11.8 Å². The van der Waals surface area contributed by atoms with Gasteiger partial charge in [-0.15, -0.1) is 0 Å². The first kappa shape index (κ1) is 27.3. The van der Waals surface area contributed by atoms with Gasteiger partial charge in [0.15, 0.2) is 0 Å². The Hall–Kier alpha value is -3.77. The van der Waals surface area contributed by atoms with Crippen LogP contribution in [0, 0.1) is 5.92 Å². The number of nitrogens with one attached hydrogen (secondary N) is 1. The van der Waals surface area contributed by atoms with E-state index in [0.717, 1.165) is 24.0 Å². The summed E-state index contributed by atoms with van der Waals surface area (Å²) in [5.41, 5.74) is 2.33. The molecule has 0 aromatic heterocycles. The van der Waals surface area contributed by atoms with Crippen molar-refractivity contribution in [3.05, 3.63) is 101 Å².